The van der Waals surface area contributed by atoms with E-state index in [2.05, 4.69) is 4.72 Å². The fraction of sp³-hybridized carbons (Fsp3) is 0.333. The molecule has 0 aliphatic carbocycles. The van der Waals surface area contributed by atoms with Crippen LogP contribution in [0.4, 0.5) is 10.1 Å². The van der Waals surface area contributed by atoms with Crippen LogP contribution in [-0.4, -0.2) is 43.2 Å². The van der Waals surface area contributed by atoms with Crippen molar-refractivity contribution in [2.75, 3.05) is 31.3 Å². The molecule has 0 saturated heterocycles. The third-order valence-electron chi connectivity index (χ3n) is 4.17. The van der Waals surface area contributed by atoms with E-state index in [0.717, 1.165) is 17.8 Å². The van der Waals surface area contributed by atoms with Crippen molar-refractivity contribution < 1.29 is 21.2 Å². The average molecular weight is 415 g/mol. The van der Waals surface area contributed by atoms with Crippen LogP contribution < -0.4 is 9.62 Å². The first-order chi connectivity index (χ1) is 12.6. The lowest BCUT2D eigenvalue weighted by Crippen LogP contribution is -2.33. The van der Waals surface area contributed by atoms with Crippen LogP contribution in [0.25, 0.3) is 0 Å². The summed E-state index contributed by atoms with van der Waals surface area (Å²) in [5, 5.41) is -1.14. The second-order valence-corrected chi connectivity index (χ2v) is 10.5. The van der Waals surface area contributed by atoms with Gasteiger partial charge in [0.15, 0.2) is 9.84 Å². The normalized spacial score (nSPS) is 13.3. The molecule has 2 rings (SSSR count). The summed E-state index contributed by atoms with van der Waals surface area (Å²) in [6.07, 6.45) is 0. The van der Waals surface area contributed by atoms with Gasteiger partial charge in [-0.15, -0.1) is 0 Å². The number of sulfonamides is 1. The number of halogens is 1. The number of benzene rings is 2. The number of rotatable bonds is 8. The van der Waals surface area contributed by atoms with Crippen molar-refractivity contribution in [1.29, 1.82) is 0 Å². The fourth-order valence-electron chi connectivity index (χ4n) is 2.49. The van der Waals surface area contributed by atoms with Crippen LogP contribution in [0.2, 0.25) is 0 Å². The molecule has 0 heterocycles. The Labute approximate surface area is 160 Å². The van der Waals surface area contributed by atoms with E-state index in [1.807, 2.05) is 19.0 Å². The molecule has 9 heteroatoms. The summed E-state index contributed by atoms with van der Waals surface area (Å²) in [6, 6.07) is 11.3. The molecular formula is C18H23FN2O4S2. The summed E-state index contributed by atoms with van der Waals surface area (Å²) in [6.45, 7) is 1.16. The Bertz CT molecular complexity index is 971. The maximum atomic E-state index is 13.2. The van der Waals surface area contributed by atoms with Crippen LogP contribution in [0.5, 0.6) is 0 Å². The number of nitrogens with one attached hydrogen (secondary N) is 1. The Hall–Kier alpha value is -1.97. The third-order valence-corrected chi connectivity index (χ3v) is 7.65. The van der Waals surface area contributed by atoms with E-state index < -0.39 is 30.9 Å². The van der Waals surface area contributed by atoms with Crippen molar-refractivity contribution in [1.82, 2.24) is 4.72 Å². The highest BCUT2D eigenvalue weighted by Crippen LogP contribution is 2.30. The number of hydrogen-bond donors (Lipinski definition) is 1. The lowest BCUT2D eigenvalue weighted by Gasteiger charge is -2.20. The molecule has 0 fully saturated rings. The van der Waals surface area contributed by atoms with Gasteiger partial charge in [-0.25, -0.2) is 25.9 Å². The lowest BCUT2D eigenvalue weighted by molar-refractivity contribution is 0.569. The third kappa shape index (κ3) is 5.27. The Kier molecular flexibility index (Phi) is 6.61. The van der Waals surface area contributed by atoms with Gasteiger partial charge in [0, 0.05) is 26.3 Å². The number of sulfone groups is 1. The fourth-order valence-corrected chi connectivity index (χ4v) is 4.88. The molecule has 6 nitrogen and oxygen atoms in total. The molecule has 27 heavy (non-hydrogen) atoms. The van der Waals surface area contributed by atoms with Crippen LogP contribution in [0.3, 0.4) is 0 Å². The van der Waals surface area contributed by atoms with Crippen molar-refractivity contribution in [3.05, 3.63) is 59.9 Å². The van der Waals surface area contributed by atoms with Gasteiger partial charge in [-0.1, -0.05) is 12.1 Å². The van der Waals surface area contributed by atoms with Gasteiger partial charge in [0.1, 0.15) is 11.1 Å². The zero-order valence-corrected chi connectivity index (χ0v) is 17.0. The SMILES string of the molecule is CCS(=O)(=O)NC[C@H](c1ccc(N(C)C)cc1)S(=O)(=O)c1ccc(F)cc1. The minimum absolute atomic E-state index is 0.0683. The van der Waals surface area contributed by atoms with Crippen molar-refractivity contribution in [3.8, 4) is 0 Å². The summed E-state index contributed by atoms with van der Waals surface area (Å²) >= 11 is 0. The van der Waals surface area contributed by atoms with Crippen molar-refractivity contribution in [2.45, 2.75) is 17.1 Å². The largest absolute Gasteiger partial charge is 0.378 e. The second-order valence-electron chi connectivity index (χ2n) is 6.23. The van der Waals surface area contributed by atoms with Crippen molar-refractivity contribution in [2.24, 2.45) is 0 Å². The maximum absolute atomic E-state index is 13.2. The first-order valence-electron chi connectivity index (χ1n) is 8.31. The number of nitrogens with zero attached hydrogens (tertiary/aromatic N) is 1. The van der Waals surface area contributed by atoms with E-state index in [9.17, 15) is 21.2 Å². The summed E-state index contributed by atoms with van der Waals surface area (Å²) in [4.78, 5) is 1.80. The van der Waals surface area contributed by atoms with Crippen LogP contribution in [-0.2, 0) is 19.9 Å². The molecule has 2 aromatic carbocycles. The standard InChI is InChI=1S/C18H23FN2O4S2/c1-4-26(22,23)20-13-18(14-5-9-16(10-6-14)21(2)3)27(24,25)17-11-7-15(19)8-12-17/h5-12,18,20H,4,13H2,1-3H3/t18-/m1/s1. The topological polar surface area (TPSA) is 83.6 Å². The van der Waals surface area contributed by atoms with Gasteiger partial charge in [-0.2, -0.15) is 0 Å². The van der Waals surface area contributed by atoms with Crippen molar-refractivity contribution in [3.63, 3.8) is 0 Å². The van der Waals surface area contributed by atoms with Crippen LogP contribution >= 0.6 is 0 Å². The molecule has 0 spiro atoms. The Morgan fingerprint density at radius 2 is 1.52 bits per heavy atom. The molecule has 0 aromatic heterocycles. The van der Waals surface area contributed by atoms with Crippen LogP contribution in [0.1, 0.15) is 17.7 Å². The summed E-state index contributed by atoms with van der Waals surface area (Å²) in [5.41, 5.74) is 1.33. The van der Waals surface area contributed by atoms with E-state index in [-0.39, 0.29) is 17.2 Å². The summed E-state index contributed by atoms with van der Waals surface area (Å²) in [5.74, 6) is -0.705. The van der Waals surface area contributed by atoms with Gasteiger partial charge in [-0.05, 0) is 48.9 Å². The zero-order valence-electron chi connectivity index (χ0n) is 15.4. The predicted molar refractivity (Wildman–Crippen MR) is 105 cm³/mol. The van der Waals surface area contributed by atoms with E-state index in [1.54, 1.807) is 24.3 Å². The highest BCUT2D eigenvalue weighted by molar-refractivity contribution is 7.92. The van der Waals surface area contributed by atoms with Gasteiger partial charge in [0.25, 0.3) is 0 Å². The Morgan fingerprint density at radius 1 is 0.963 bits per heavy atom. The molecule has 0 aliphatic rings. The minimum Gasteiger partial charge on any atom is -0.378 e. The molecule has 148 valence electrons. The van der Waals surface area contributed by atoms with E-state index in [0.29, 0.717) is 5.56 Å². The van der Waals surface area contributed by atoms with Crippen molar-refractivity contribution >= 4 is 25.5 Å². The predicted octanol–water partition coefficient (Wildman–Crippen LogP) is 2.35. The Morgan fingerprint density at radius 3 is 2.00 bits per heavy atom. The summed E-state index contributed by atoms with van der Waals surface area (Å²) < 4.78 is 65.4. The van der Waals surface area contributed by atoms with Crippen LogP contribution in [0, 0.1) is 5.82 Å². The number of hydrogen-bond acceptors (Lipinski definition) is 5. The lowest BCUT2D eigenvalue weighted by atomic mass is 10.1. The van der Waals surface area contributed by atoms with E-state index in [4.69, 9.17) is 0 Å². The molecule has 0 unspecified atom stereocenters. The Balaban J connectivity index is 2.46. The van der Waals surface area contributed by atoms with E-state index in [1.165, 1.54) is 19.1 Å². The van der Waals surface area contributed by atoms with Gasteiger partial charge in [0.2, 0.25) is 10.0 Å². The van der Waals surface area contributed by atoms with Crippen LogP contribution in [0.15, 0.2) is 53.4 Å². The highest BCUT2D eigenvalue weighted by atomic mass is 32.2. The molecule has 0 radical (unpaired) electrons. The van der Waals surface area contributed by atoms with Gasteiger partial charge < -0.3 is 4.90 Å². The molecule has 0 aliphatic heterocycles. The molecule has 0 bridgehead atoms. The molecule has 1 N–H and O–H groups in total. The summed E-state index contributed by atoms with van der Waals surface area (Å²) in [7, 11) is -3.80. The van der Waals surface area contributed by atoms with Gasteiger partial charge in [0.05, 0.1) is 10.6 Å². The monoisotopic (exact) mass is 414 g/mol. The molecule has 0 amide bonds. The van der Waals surface area contributed by atoms with E-state index >= 15 is 0 Å². The first-order valence-corrected chi connectivity index (χ1v) is 11.5. The smallest absolute Gasteiger partial charge is 0.211 e. The molecule has 0 saturated carbocycles. The van der Waals surface area contributed by atoms with Gasteiger partial charge in [-0.3, -0.25) is 0 Å². The molecule has 2 aromatic rings. The minimum atomic E-state index is -3.94. The molecule has 1 atom stereocenters. The molecular weight excluding hydrogens is 391 g/mol. The first kappa shape index (κ1) is 21.3. The zero-order chi connectivity index (χ0) is 20.2. The quantitative estimate of drug-likeness (QED) is 0.671. The van der Waals surface area contributed by atoms with Gasteiger partial charge >= 0.3 is 0 Å². The highest BCUT2D eigenvalue weighted by Gasteiger charge is 2.30. The maximum Gasteiger partial charge on any atom is 0.211 e. The second kappa shape index (κ2) is 8.37. The number of anilines is 1. The average Bonchev–Trinajstić information content (AvgIpc) is 2.62.